The van der Waals surface area contributed by atoms with Crippen molar-refractivity contribution in [3.05, 3.63) is 131 Å². The van der Waals surface area contributed by atoms with Gasteiger partial charge in [0.1, 0.15) is 22.7 Å². The van der Waals surface area contributed by atoms with Gasteiger partial charge in [0.05, 0.1) is 26.3 Å². The average molecular weight is 623 g/mol. The molecule has 2 fully saturated rings. The van der Waals surface area contributed by atoms with Crippen LogP contribution in [0.5, 0.6) is 11.5 Å². The van der Waals surface area contributed by atoms with Gasteiger partial charge in [-0.15, -0.1) is 0 Å². The van der Waals surface area contributed by atoms with Gasteiger partial charge in [-0.05, 0) is 60.4 Å². The lowest BCUT2D eigenvalue weighted by Crippen LogP contribution is -2.37. The molecule has 8 nitrogen and oxygen atoms in total. The van der Waals surface area contributed by atoms with E-state index < -0.39 is 11.2 Å². The van der Waals surface area contributed by atoms with Gasteiger partial charge in [-0.1, -0.05) is 84.9 Å². The Kier molecular flexibility index (Phi) is 9.79. The monoisotopic (exact) mass is 622 g/mol. The summed E-state index contributed by atoms with van der Waals surface area (Å²) in [5, 5.41) is 20.8. The zero-order valence-electron chi connectivity index (χ0n) is 26.8. The number of benzene rings is 4. The van der Waals surface area contributed by atoms with Gasteiger partial charge in [0.25, 0.3) is 11.8 Å². The third-order valence-electron chi connectivity index (χ3n) is 8.77. The molecule has 0 aromatic heterocycles. The highest BCUT2D eigenvalue weighted by atomic mass is 16.5. The highest BCUT2D eigenvalue weighted by Crippen LogP contribution is 2.41. The molecule has 0 unspecified atom stereocenters. The first-order valence-corrected chi connectivity index (χ1v) is 15.4. The minimum Gasteiger partial charge on any atom is -0.497 e. The van der Waals surface area contributed by atoms with Crippen LogP contribution in [0.15, 0.2) is 109 Å². The van der Waals surface area contributed by atoms with Gasteiger partial charge in [-0.3, -0.25) is 9.59 Å². The number of aliphatic hydroxyl groups is 2. The van der Waals surface area contributed by atoms with Crippen LogP contribution in [0, 0.1) is 0 Å². The lowest BCUT2D eigenvalue weighted by molar-refractivity contribution is -0.143. The lowest BCUT2D eigenvalue weighted by atomic mass is 9.98. The molecule has 6 rings (SSSR count). The molecule has 2 aliphatic heterocycles. The van der Waals surface area contributed by atoms with E-state index in [4.69, 9.17) is 9.47 Å². The normalized spacial score (nSPS) is 24.0. The zero-order chi connectivity index (χ0) is 32.9. The summed E-state index contributed by atoms with van der Waals surface area (Å²) < 4.78 is 10.3. The number of hydrogen-bond acceptors (Lipinski definition) is 6. The average Bonchev–Trinajstić information content (AvgIpc) is 3.45. The second-order valence-corrected chi connectivity index (χ2v) is 12.4. The third-order valence-corrected chi connectivity index (χ3v) is 8.77. The van der Waals surface area contributed by atoms with Gasteiger partial charge in [0, 0.05) is 25.9 Å². The summed E-state index contributed by atoms with van der Waals surface area (Å²) in [5.41, 5.74) is 1.50. The molecular weight excluding hydrogens is 580 g/mol. The fraction of sp³-hybridized carbons (Fsp3) is 0.316. The van der Waals surface area contributed by atoms with Gasteiger partial charge in [0.15, 0.2) is 0 Å². The van der Waals surface area contributed by atoms with Crippen molar-refractivity contribution in [2.24, 2.45) is 0 Å². The fourth-order valence-electron chi connectivity index (χ4n) is 6.22. The van der Waals surface area contributed by atoms with Crippen molar-refractivity contribution in [1.29, 1.82) is 0 Å². The minimum absolute atomic E-state index is 0.110. The molecule has 0 aliphatic carbocycles. The molecule has 2 saturated heterocycles. The summed E-state index contributed by atoms with van der Waals surface area (Å²) in [6.45, 7) is 4.13. The summed E-state index contributed by atoms with van der Waals surface area (Å²) >= 11 is 0. The zero-order valence-corrected chi connectivity index (χ0v) is 26.8. The highest BCUT2D eigenvalue weighted by molar-refractivity contribution is 5.88. The highest BCUT2D eigenvalue weighted by Gasteiger charge is 2.48. The first kappa shape index (κ1) is 32.7. The molecule has 4 aromatic carbocycles. The summed E-state index contributed by atoms with van der Waals surface area (Å²) in [6.07, 6.45) is 0.817. The summed E-state index contributed by atoms with van der Waals surface area (Å²) in [6, 6.07) is 34.8. The van der Waals surface area contributed by atoms with Crippen LogP contribution in [0.2, 0.25) is 0 Å². The Morgan fingerprint density at radius 2 is 0.913 bits per heavy atom. The number of hydrogen-bond donors (Lipinski definition) is 2. The number of methoxy groups -OCH3 is 2. The van der Waals surface area contributed by atoms with Crippen LogP contribution in [0.1, 0.15) is 61.0 Å². The van der Waals surface area contributed by atoms with Crippen molar-refractivity contribution in [1.82, 2.24) is 9.80 Å². The van der Waals surface area contributed by atoms with E-state index in [1.165, 1.54) is 0 Å². The molecule has 2 N–H and O–H groups in total. The maximum absolute atomic E-state index is 12.6. The van der Waals surface area contributed by atoms with Crippen LogP contribution in [0.25, 0.3) is 0 Å². The Morgan fingerprint density at radius 3 is 1.22 bits per heavy atom. The maximum Gasteiger partial charge on any atom is 0.255 e. The maximum atomic E-state index is 12.6. The molecule has 4 atom stereocenters. The molecule has 8 heteroatoms. The Hall–Kier alpha value is -4.66. The fourth-order valence-corrected chi connectivity index (χ4v) is 6.22. The minimum atomic E-state index is -1.31. The van der Waals surface area contributed by atoms with E-state index in [0.717, 1.165) is 33.8 Å². The molecular formula is C38H42N2O6. The van der Waals surface area contributed by atoms with Crippen LogP contribution in [0.4, 0.5) is 0 Å². The first-order valence-electron chi connectivity index (χ1n) is 15.4. The molecule has 46 heavy (non-hydrogen) atoms. The van der Waals surface area contributed by atoms with Crippen LogP contribution in [0.3, 0.4) is 0 Å². The first-order chi connectivity index (χ1) is 22.0. The van der Waals surface area contributed by atoms with Gasteiger partial charge in [-0.2, -0.15) is 0 Å². The standard InChI is InChI=1S/2C19H21NO3/c2*1-19(22)12-17(15-6-4-3-5-7-15)20(18(19)21)13-14-8-10-16(23-2)11-9-14/h2*3-11,17,22H,12-13H2,1-2H3/t2*17-,19+/m10/s1. The van der Waals surface area contributed by atoms with Gasteiger partial charge in [-0.25, -0.2) is 0 Å². The predicted octanol–water partition coefficient (Wildman–Crippen LogP) is 5.84. The second kappa shape index (κ2) is 13.8. The van der Waals surface area contributed by atoms with Crippen LogP contribution in [-0.2, 0) is 22.7 Å². The molecule has 0 radical (unpaired) electrons. The molecule has 0 spiro atoms. The lowest BCUT2D eigenvalue weighted by Gasteiger charge is -2.25. The van der Waals surface area contributed by atoms with Gasteiger partial charge < -0.3 is 29.5 Å². The number of carbonyl (C=O) groups excluding carboxylic acids is 2. The molecule has 4 aromatic rings. The van der Waals surface area contributed by atoms with Crippen molar-refractivity contribution >= 4 is 11.8 Å². The molecule has 2 amide bonds. The van der Waals surface area contributed by atoms with E-state index in [1.54, 1.807) is 37.9 Å². The third kappa shape index (κ3) is 7.25. The Balaban J connectivity index is 0.000000181. The molecule has 0 saturated carbocycles. The summed E-state index contributed by atoms with van der Waals surface area (Å²) in [4.78, 5) is 28.7. The van der Waals surface area contributed by atoms with Gasteiger partial charge in [0.2, 0.25) is 0 Å². The molecule has 2 heterocycles. The molecule has 0 bridgehead atoms. The van der Waals surface area contributed by atoms with Crippen molar-refractivity contribution in [2.45, 2.75) is 63.1 Å². The van der Waals surface area contributed by atoms with E-state index >= 15 is 0 Å². The summed E-state index contributed by atoms with van der Waals surface area (Å²) in [5.74, 6) is 1.13. The van der Waals surface area contributed by atoms with Crippen molar-refractivity contribution in [2.75, 3.05) is 14.2 Å². The number of likely N-dealkylation sites (tertiary alicyclic amines) is 2. The van der Waals surface area contributed by atoms with Crippen LogP contribution >= 0.6 is 0 Å². The Bertz CT molecular complexity index is 1480. The van der Waals surface area contributed by atoms with Crippen LogP contribution in [-0.4, -0.2) is 57.2 Å². The predicted molar refractivity (Wildman–Crippen MR) is 176 cm³/mol. The van der Waals surface area contributed by atoms with Crippen molar-refractivity contribution in [3.8, 4) is 11.5 Å². The molecule has 240 valence electrons. The van der Waals surface area contributed by atoms with E-state index in [0.29, 0.717) is 25.9 Å². The number of rotatable bonds is 8. The largest absolute Gasteiger partial charge is 0.497 e. The van der Waals surface area contributed by atoms with Gasteiger partial charge >= 0.3 is 0 Å². The number of amides is 2. The molecule has 2 aliphatic rings. The van der Waals surface area contributed by atoms with E-state index in [-0.39, 0.29) is 23.9 Å². The number of nitrogens with zero attached hydrogens (tertiary/aromatic N) is 2. The smallest absolute Gasteiger partial charge is 0.255 e. The van der Waals surface area contributed by atoms with Crippen molar-refractivity contribution in [3.63, 3.8) is 0 Å². The van der Waals surface area contributed by atoms with Crippen molar-refractivity contribution < 1.29 is 29.3 Å². The Morgan fingerprint density at radius 1 is 0.587 bits per heavy atom. The van der Waals surface area contributed by atoms with Crippen LogP contribution < -0.4 is 9.47 Å². The quantitative estimate of drug-likeness (QED) is 0.256. The second-order valence-electron chi connectivity index (χ2n) is 12.4. The van der Waals surface area contributed by atoms with E-state index in [2.05, 4.69) is 0 Å². The summed E-state index contributed by atoms with van der Waals surface area (Å²) in [7, 11) is 3.25. The SMILES string of the molecule is COc1ccc(CN2C(=O)[C@@](C)(O)C[C@@H]2c2ccccc2)cc1.COc1ccc(CN2C(=O)[C@](C)(O)C[C@H]2c2ccccc2)cc1. The van der Waals surface area contributed by atoms with E-state index in [1.807, 2.05) is 109 Å². The Labute approximate surface area is 270 Å². The van der Waals surface area contributed by atoms with E-state index in [9.17, 15) is 19.8 Å². The number of carbonyl (C=O) groups is 2. The topological polar surface area (TPSA) is 99.5 Å². The number of ether oxygens (including phenoxy) is 2.